The van der Waals surface area contributed by atoms with Crippen molar-refractivity contribution in [3.8, 4) is 17.6 Å². The van der Waals surface area contributed by atoms with Crippen LogP contribution in [-0.2, 0) is 0 Å². The maximum absolute atomic E-state index is 13.2. The lowest BCUT2D eigenvalue weighted by molar-refractivity contribution is 0.476. The summed E-state index contributed by atoms with van der Waals surface area (Å²) in [5, 5.41) is 8.94. The minimum atomic E-state index is -0.622. The van der Waals surface area contributed by atoms with E-state index in [1.807, 2.05) is 31.2 Å². The average molecular weight is 242 g/mol. The molecule has 0 fully saturated rings. The van der Waals surface area contributed by atoms with Gasteiger partial charge in [0.05, 0.1) is 11.3 Å². The topological polar surface area (TPSA) is 59.0 Å². The van der Waals surface area contributed by atoms with E-state index in [1.54, 1.807) is 6.07 Å². The Bertz CT molecular complexity index is 632. The first-order valence-electron chi connectivity index (χ1n) is 5.34. The van der Waals surface area contributed by atoms with Crippen molar-refractivity contribution in [3.63, 3.8) is 0 Å². The van der Waals surface area contributed by atoms with E-state index >= 15 is 0 Å². The van der Waals surface area contributed by atoms with E-state index in [1.165, 1.54) is 6.07 Å². The van der Waals surface area contributed by atoms with E-state index in [2.05, 4.69) is 0 Å². The summed E-state index contributed by atoms with van der Waals surface area (Å²) in [7, 11) is 0. The highest BCUT2D eigenvalue weighted by Gasteiger charge is 2.10. The number of ether oxygens (including phenoxy) is 1. The van der Waals surface area contributed by atoms with Gasteiger partial charge < -0.3 is 10.5 Å². The number of nitrogens with zero attached hydrogens (tertiary/aromatic N) is 1. The van der Waals surface area contributed by atoms with Gasteiger partial charge in [0, 0.05) is 6.07 Å². The van der Waals surface area contributed by atoms with Gasteiger partial charge in [0.1, 0.15) is 23.4 Å². The first kappa shape index (κ1) is 11.9. The molecule has 0 saturated carbocycles. The number of para-hydroxylation sites is 1. The quantitative estimate of drug-likeness (QED) is 0.821. The second kappa shape index (κ2) is 4.76. The normalized spacial score (nSPS) is 9.83. The molecule has 0 aliphatic heterocycles. The van der Waals surface area contributed by atoms with Crippen molar-refractivity contribution in [2.45, 2.75) is 6.92 Å². The van der Waals surface area contributed by atoms with Crippen LogP contribution in [0.2, 0.25) is 0 Å². The molecule has 0 heterocycles. The van der Waals surface area contributed by atoms with Crippen LogP contribution in [0.4, 0.5) is 10.1 Å². The Hall–Kier alpha value is -2.54. The standard InChI is InChI=1S/C14H11FN2O/c1-9-4-2-3-5-13(9)18-14-7-12(17)11(15)6-10(14)8-16/h2-7H,17H2,1H3. The highest BCUT2D eigenvalue weighted by atomic mass is 19.1. The predicted molar refractivity (Wildman–Crippen MR) is 66.8 cm³/mol. The summed E-state index contributed by atoms with van der Waals surface area (Å²) in [6.07, 6.45) is 0. The number of halogens is 1. The third-order valence-corrected chi connectivity index (χ3v) is 2.53. The van der Waals surface area contributed by atoms with Crippen molar-refractivity contribution in [2.75, 3.05) is 5.73 Å². The summed E-state index contributed by atoms with van der Waals surface area (Å²) in [6.45, 7) is 1.88. The molecule has 90 valence electrons. The number of hydrogen-bond acceptors (Lipinski definition) is 3. The number of aryl methyl sites for hydroxylation is 1. The lowest BCUT2D eigenvalue weighted by Crippen LogP contribution is -1.96. The molecule has 0 aliphatic rings. The highest BCUT2D eigenvalue weighted by Crippen LogP contribution is 2.30. The van der Waals surface area contributed by atoms with Crippen molar-refractivity contribution in [2.24, 2.45) is 0 Å². The van der Waals surface area contributed by atoms with Gasteiger partial charge in [0.2, 0.25) is 0 Å². The Balaban J connectivity index is 2.44. The zero-order valence-electron chi connectivity index (χ0n) is 9.77. The molecule has 2 aromatic carbocycles. The SMILES string of the molecule is Cc1ccccc1Oc1cc(N)c(F)cc1C#N. The molecule has 3 nitrogen and oxygen atoms in total. The first-order valence-corrected chi connectivity index (χ1v) is 5.34. The van der Waals surface area contributed by atoms with Gasteiger partial charge in [-0.3, -0.25) is 0 Å². The van der Waals surface area contributed by atoms with Crippen LogP contribution in [0, 0.1) is 24.1 Å². The fraction of sp³-hybridized carbons (Fsp3) is 0.0714. The van der Waals surface area contributed by atoms with Crippen LogP contribution in [0.15, 0.2) is 36.4 Å². The van der Waals surface area contributed by atoms with Crippen LogP contribution in [0.5, 0.6) is 11.5 Å². The molecule has 0 aromatic heterocycles. The predicted octanol–water partition coefficient (Wildman–Crippen LogP) is 3.38. The van der Waals surface area contributed by atoms with Gasteiger partial charge >= 0.3 is 0 Å². The Morgan fingerprint density at radius 2 is 1.94 bits per heavy atom. The summed E-state index contributed by atoms with van der Waals surface area (Å²) >= 11 is 0. The Morgan fingerprint density at radius 1 is 1.22 bits per heavy atom. The number of nitrogen functional groups attached to an aromatic ring is 1. The molecule has 0 bridgehead atoms. The van der Waals surface area contributed by atoms with Gasteiger partial charge in [-0.1, -0.05) is 18.2 Å². The smallest absolute Gasteiger partial charge is 0.147 e. The first-order chi connectivity index (χ1) is 8.61. The summed E-state index contributed by atoms with van der Waals surface area (Å²) in [6, 6.07) is 11.6. The largest absolute Gasteiger partial charge is 0.456 e. The number of hydrogen-bond donors (Lipinski definition) is 1. The highest BCUT2D eigenvalue weighted by molar-refractivity contribution is 5.55. The summed E-state index contributed by atoms with van der Waals surface area (Å²) in [5.74, 6) is 0.245. The molecule has 0 radical (unpaired) electrons. The molecule has 2 N–H and O–H groups in total. The van der Waals surface area contributed by atoms with E-state index in [0.717, 1.165) is 11.6 Å². The average Bonchev–Trinajstić information content (AvgIpc) is 2.36. The van der Waals surface area contributed by atoms with Crippen LogP contribution in [0.3, 0.4) is 0 Å². The van der Waals surface area contributed by atoms with Crippen LogP contribution in [0.25, 0.3) is 0 Å². The molecule has 2 aromatic rings. The summed E-state index contributed by atoms with van der Waals surface area (Å²) in [5.41, 5.74) is 6.46. The third-order valence-electron chi connectivity index (χ3n) is 2.53. The molecule has 0 unspecified atom stereocenters. The second-order valence-electron chi connectivity index (χ2n) is 3.85. The number of nitrogens with two attached hydrogens (primary N) is 1. The minimum Gasteiger partial charge on any atom is -0.456 e. The maximum atomic E-state index is 13.2. The zero-order chi connectivity index (χ0) is 13.1. The molecule has 0 atom stereocenters. The summed E-state index contributed by atoms with van der Waals surface area (Å²) in [4.78, 5) is 0. The number of nitriles is 1. The van der Waals surface area contributed by atoms with Gasteiger partial charge in [0.15, 0.2) is 0 Å². The Labute approximate surface area is 104 Å². The van der Waals surface area contributed by atoms with E-state index < -0.39 is 5.82 Å². The van der Waals surface area contributed by atoms with E-state index in [0.29, 0.717) is 5.75 Å². The molecule has 18 heavy (non-hydrogen) atoms. The number of benzene rings is 2. The van der Waals surface area contributed by atoms with Crippen molar-refractivity contribution in [1.82, 2.24) is 0 Å². The monoisotopic (exact) mass is 242 g/mol. The fourth-order valence-corrected chi connectivity index (χ4v) is 1.53. The molecule has 0 saturated heterocycles. The molecular formula is C14H11FN2O. The van der Waals surface area contributed by atoms with Gasteiger partial charge in [-0.05, 0) is 24.6 Å². The van der Waals surface area contributed by atoms with Crippen molar-refractivity contribution < 1.29 is 9.13 Å². The Morgan fingerprint density at radius 3 is 2.61 bits per heavy atom. The van der Waals surface area contributed by atoms with Gasteiger partial charge in [-0.25, -0.2) is 4.39 Å². The van der Waals surface area contributed by atoms with Crippen LogP contribution < -0.4 is 10.5 Å². The lowest BCUT2D eigenvalue weighted by atomic mass is 10.2. The fourth-order valence-electron chi connectivity index (χ4n) is 1.53. The third kappa shape index (κ3) is 2.25. The van der Waals surface area contributed by atoms with Crippen LogP contribution in [0.1, 0.15) is 11.1 Å². The van der Waals surface area contributed by atoms with E-state index in [-0.39, 0.29) is 17.0 Å². The van der Waals surface area contributed by atoms with Crippen molar-refractivity contribution in [1.29, 1.82) is 5.26 Å². The Kier molecular flexibility index (Phi) is 3.16. The molecule has 0 amide bonds. The van der Waals surface area contributed by atoms with Gasteiger partial charge in [-0.2, -0.15) is 5.26 Å². The van der Waals surface area contributed by atoms with E-state index in [4.69, 9.17) is 15.7 Å². The van der Waals surface area contributed by atoms with Crippen LogP contribution >= 0.6 is 0 Å². The van der Waals surface area contributed by atoms with Gasteiger partial charge in [-0.15, -0.1) is 0 Å². The van der Waals surface area contributed by atoms with Crippen LogP contribution in [-0.4, -0.2) is 0 Å². The number of rotatable bonds is 2. The minimum absolute atomic E-state index is 0.0439. The van der Waals surface area contributed by atoms with E-state index in [9.17, 15) is 4.39 Å². The van der Waals surface area contributed by atoms with Crippen molar-refractivity contribution >= 4 is 5.69 Å². The van der Waals surface area contributed by atoms with Gasteiger partial charge in [0.25, 0.3) is 0 Å². The zero-order valence-corrected chi connectivity index (χ0v) is 9.77. The number of anilines is 1. The van der Waals surface area contributed by atoms with Crippen molar-refractivity contribution in [3.05, 3.63) is 53.3 Å². The molecule has 0 aliphatic carbocycles. The lowest BCUT2D eigenvalue weighted by Gasteiger charge is -2.10. The second-order valence-corrected chi connectivity index (χ2v) is 3.85. The molecule has 0 spiro atoms. The molecule has 2 rings (SSSR count). The summed E-state index contributed by atoms with van der Waals surface area (Å²) < 4.78 is 18.8. The molecule has 4 heteroatoms. The molecular weight excluding hydrogens is 231 g/mol. The maximum Gasteiger partial charge on any atom is 0.147 e.